The van der Waals surface area contributed by atoms with E-state index in [1.807, 2.05) is 13.0 Å². The van der Waals surface area contributed by atoms with Gasteiger partial charge in [-0.2, -0.15) is 0 Å². The van der Waals surface area contributed by atoms with Crippen LogP contribution in [0.5, 0.6) is 0 Å². The lowest BCUT2D eigenvalue weighted by atomic mass is 9.87. The van der Waals surface area contributed by atoms with Crippen LogP contribution >= 0.6 is 0 Å². The van der Waals surface area contributed by atoms with Crippen LogP contribution in [0.2, 0.25) is 0 Å². The Morgan fingerprint density at radius 1 is 1.07 bits per heavy atom. The molecule has 0 aliphatic rings. The first-order chi connectivity index (χ1) is 13.4. The standard InChI is InChI=1S/C24H31N3O/c1-5-23(28)25-16-8-11-22-26-20-9-6-7-10-21(20)27(22)17-18-12-14-19(15-13-18)24(2,3)4/h6-7,9-10,12-15H,5,8,11,16-17H2,1-4H3,(H,25,28). The molecule has 0 unspecified atom stereocenters. The smallest absolute Gasteiger partial charge is 0.219 e. The maximum Gasteiger partial charge on any atom is 0.219 e. The number of nitrogens with zero attached hydrogens (tertiary/aromatic N) is 2. The van der Waals surface area contributed by atoms with E-state index in [4.69, 9.17) is 4.98 Å². The first-order valence-electron chi connectivity index (χ1n) is 10.2. The lowest BCUT2D eigenvalue weighted by molar-refractivity contribution is -0.120. The van der Waals surface area contributed by atoms with Gasteiger partial charge in [-0.3, -0.25) is 4.79 Å². The van der Waals surface area contributed by atoms with Gasteiger partial charge in [-0.05, 0) is 35.1 Å². The topological polar surface area (TPSA) is 46.9 Å². The Balaban J connectivity index is 1.79. The van der Waals surface area contributed by atoms with E-state index in [1.54, 1.807) is 0 Å². The van der Waals surface area contributed by atoms with Crippen molar-refractivity contribution in [2.45, 2.75) is 58.9 Å². The van der Waals surface area contributed by atoms with Crippen molar-refractivity contribution < 1.29 is 4.79 Å². The average Bonchev–Trinajstić information content (AvgIpc) is 3.02. The molecule has 148 valence electrons. The van der Waals surface area contributed by atoms with Crippen molar-refractivity contribution in [1.29, 1.82) is 0 Å². The molecule has 0 aliphatic carbocycles. The summed E-state index contributed by atoms with van der Waals surface area (Å²) in [5.74, 6) is 1.18. The highest BCUT2D eigenvalue weighted by atomic mass is 16.1. The number of para-hydroxylation sites is 2. The Labute approximate surface area is 168 Å². The zero-order valence-corrected chi connectivity index (χ0v) is 17.5. The van der Waals surface area contributed by atoms with Gasteiger partial charge in [0.15, 0.2) is 0 Å². The van der Waals surface area contributed by atoms with E-state index in [9.17, 15) is 4.79 Å². The molecular formula is C24H31N3O. The Bertz CT molecular complexity index is 933. The summed E-state index contributed by atoms with van der Waals surface area (Å²) < 4.78 is 2.31. The minimum absolute atomic E-state index is 0.104. The molecule has 0 atom stereocenters. The maximum absolute atomic E-state index is 11.4. The molecule has 0 fully saturated rings. The van der Waals surface area contributed by atoms with E-state index in [-0.39, 0.29) is 11.3 Å². The number of aryl methyl sites for hydroxylation is 1. The summed E-state index contributed by atoms with van der Waals surface area (Å²) >= 11 is 0. The van der Waals surface area contributed by atoms with Crippen LogP contribution in [0.15, 0.2) is 48.5 Å². The fourth-order valence-corrected chi connectivity index (χ4v) is 3.38. The van der Waals surface area contributed by atoms with Crippen molar-refractivity contribution in [3.05, 3.63) is 65.5 Å². The normalized spacial score (nSPS) is 11.7. The molecule has 0 radical (unpaired) electrons. The zero-order chi connectivity index (χ0) is 20.1. The summed E-state index contributed by atoms with van der Waals surface area (Å²) in [6.45, 7) is 10.1. The Kier molecular flexibility index (Phi) is 6.18. The van der Waals surface area contributed by atoms with Gasteiger partial charge in [0, 0.05) is 25.9 Å². The zero-order valence-electron chi connectivity index (χ0n) is 17.5. The summed E-state index contributed by atoms with van der Waals surface area (Å²) in [5, 5.41) is 2.95. The third-order valence-electron chi connectivity index (χ3n) is 5.11. The minimum Gasteiger partial charge on any atom is -0.356 e. The molecule has 4 heteroatoms. The number of carbonyl (C=O) groups is 1. The van der Waals surface area contributed by atoms with E-state index in [0.29, 0.717) is 13.0 Å². The van der Waals surface area contributed by atoms with Crippen LogP contribution in [0.4, 0.5) is 0 Å². The number of carbonyl (C=O) groups excluding carboxylic acids is 1. The largest absolute Gasteiger partial charge is 0.356 e. The quantitative estimate of drug-likeness (QED) is 0.599. The molecule has 0 spiro atoms. The van der Waals surface area contributed by atoms with Crippen LogP contribution in [0, 0.1) is 0 Å². The summed E-state index contributed by atoms with van der Waals surface area (Å²) in [6.07, 6.45) is 2.26. The highest BCUT2D eigenvalue weighted by molar-refractivity contribution is 5.76. The number of hydrogen-bond acceptors (Lipinski definition) is 2. The molecule has 0 bridgehead atoms. The first-order valence-corrected chi connectivity index (χ1v) is 10.2. The molecule has 3 aromatic rings. The first kappa shape index (κ1) is 20.1. The van der Waals surface area contributed by atoms with Gasteiger partial charge in [0.05, 0.1) is 11.0 Å². The molecule has 1 heterocycles. The van der Waals surface area contributed by atoms with E-state index >= 15 is 0 Å². The number of rotatable bonds is 7. The van der Waals surface area contributed by atoms with Gasteiger partial charge in [0.2, 0.25) is 5.91 Å². The molecule has 2 aromatic carbocycles. The van der Waals surface area contributed by atoms with Crippen LogP contribution in [-0.4, -0.2) is 22.0 Å². The van der Waals surface area contributed by atoms with Gasteiger partial charge in [0.1, 0.15) is 5.82 Å². The van der Waals surface area contributed by atoms with Gasteiger partial charge >= 0.3 is 0 Å². The molecular weight excluding hydrogens is 346 g/mol. The Morgan fingerprint density at radius 2 is 1.79 bits per heavy atom. The summed E-state index contributed by atoms with van der Waals surface area (Å²) in [7, 11) is 0. The number of aromatic nitrogens is 2. The average molecular weight is 378 g/mol. The number of hydrogen-bond donors (Lipinski definition) is 1. The van der Waals surface area contributed by atoms with Crippen molar-refractivity contribution >= 4 is 16.9 Å². The van der Waals surface area contributed by atoms with Crippen LogP contribution in [0.1, 0.15) is 57.5 Å². The SMILES string of the molecule is CCC(=O)NCCCc1nc2ccccc2n1Cc1ccc(C(C)(C)C)cc1. The summed E-state index contributed by atoms with van der Waals surface area (Å²) in [5.41, 5.74) is 4.97. The molecule has 3 rings (SSSR count). The summed E-state index contributed by atoms with van der Waals surface area (Å²) in [6, 6.07) is 17.2. The van der Waals surface area contributed by atoms with Gasteiger partial charge in [-0.1, -0.05) is 64.1 Å². The molecule has 4 nitrogen and oxygen atoms in total. The van der Waals surface area contributed by atoms with E-state index in [0.717, 1.165) is 36.2 Å². The monoisotopic (exact) mass is 377 g/mol. The third-order valence-corrected chi connectivity index (χ3v) is 5.11. The fraction of sp³-hybridized carbons (Fsp3) is 0.417. The maximum atomic E-state index is 11.4. The van der Waals surface area contributed by atoms with E-state index in [1.165, 1.54) is 11.1 Å². The molecule has 1 amide bonds. The van der Waals surface area contributed by atoms with Gasteiger partial charge in [0.25, 0.3) is 0 Å². The Morgan fingerprint density at radius 3 is 2.46 bits per heavy atom. The van der Waals surface area contributed by atoms with Crippen molar-refractivity contribution in [3.63, 3.8) is 0 Å². The highest BCUT2D eigenvalue weighted by Gasteiger charge is 2.14. The molecule has 1 aromatic heterocycles. The van der Waals surface area contributed by atoms with Gasteiger partial charge in [-0.25, -0.2) is 4.98 Å². The second-order valence-corrected chi connectivity index (χ2v) is 8.36. The summed E-state index contributed by atoms with van der Waals surface area (Å²) in [4.78, 5) is 16.3. The van der Waals surface area contributed by atoms with E-state index in [2.05, 4.69) is 73.1 Å². The lowest BCUT2D eigenvalue weighted by Crippen LogP contribution is -2.23. The number of nitrogens with one attached hydrogen (secondary N) is 1. The lowest BCUT2D eigenvalue weighted by Gasteiger charge is -2.19. The minimum atomic E-state index is 0.104. The predicted molar refractivity (Wildman–Crippen MR) is 116 cm³/mol. The number of amides is 1. The van der Waals surface area contributed by atoms with Crippen molar-refractivity contribution in [2.24, 2.45) is 0 Å². The van der Waals surface area contributed by atoms with Crippen LogP contribution in [0.25, 0.3) is 11.0 Å². The van der Waals surface area contributed by atoms with Crippen LogP contribution < -0.4 is 5.32 Å². The number of fused-ring (bicyclic) bond motifs is 1. The second-order valence-electron chi connectivity index (χ2n) is 8.36. The number of benzene rings is 2. The Hall–Kier alpha value is -2.62. The van der Waals surface area contributed by atoms with Crippen molar-refractivity contribution in [2.75, 3.05) is 6.54 Å². The third kappa shape index (κ3) is 4.80. The van der Waals surface area contributed by atoms with Gasteiger partial charge < -0.3 is 9.88 Å². The molecule has 1 N–H and O–H groups in total. The van der Waals surface area contributed by atoms with Crippen molar-refractivity contribution in [3.8, 4) is 0 Å². The van der Waals surface area contributed by atoms with Gasteiger partial charge in [-0.15, -0.1) is 0 Å². The van der Waals surface area contributed by atoms with E-state index < -0.39 is 0 Å². The highest BCUT2D eigenvalue weighted by Crippen LogP contribution is 2.24. The number of imidazole rings is 1. The molecule has 0 aliphatic heterocycles. The fourth-order valence-electron chi connectivity index (χ4n) is 3.38. The van der Waals surface area contributed by atoms with Crippen LogP contribution in [0.3, 0.4) is 0 Å². The van der Waals surface area contributed by atoms with Crippen LogP contribution in [-0.2, 0) is 23.2 Å². The van der Waals surface area contributed by atoms with Crippen molar-refractivity contribution in [1.82, 2.24) is 14.9 Å². The molecule has 0 saturated carbocycles. The molecule has 28 heavy (non-hydrogen) atoms. The second kappa shape index (κ2) is 8.59. The molecule has 0 saturated heterocycles. The predicted octanol–water partition coefficient (Wildman–Crippen LogP) is 4.84.